The van der Waals surface area contributed by atoms with Crippen molar-refractivity contribution in [1.82, 2.24) is 15.1 Å². The van der Waals surface area contributed by atoms with Crippen LogP contribution in [0.25, 0.3) is 0 Å². The number of benzene rings is 1. The van der Waals surface area contributed by atoms with Gasteiger partial charge in [-0.05, 0) is 43.9 Å². The summed E-state index contributed by atoms with van der Waals surface area (Å²) in [7, 11) is 0. The maximum Gasteiger partial charge on any atom is 0.334 e. The van der Waals surface area contributed by atoms with Gasteiger partial charge in [0.1, 0.15) is 6.54 Å². The number of anilines is 1. The van der Waals surface area contributed by atoms with Gasteiger partial charge in [0.05, 0.1) is 0 Å². The molecule has 0 radical (unpaired) electrons. The average Bonchev–Trinajstić information content (AvgIpc) is 2.89. The summed E-state index contributed by atoms with van der Waals surface area (Å²) in [6.07, 6.45) is 4.11. The molecule has 1 heterocycles. The molecule has 1 saturated carbocycles. The number of amides is 7. The smallest absolute Gasteiger partial charge is 0.307 e. The zero-order valence-corrected chi connectivity index (χ0v) is 16.5. The summed E-state index contributed by atoms with van der Waals surface area (Å²) in [5.74, 6) is -2.80. The second kappa shape index (κ2) is 8.42. The van der Waals surface area contributed by atoms with Crippen LogP contribution in [0.3, 0.4) is 0 Å². The third-order valence-electron chi connectivity index (χ3n) is 5.43. The minimum atomic E-state index is -1.04. The summed E-state index contributed by atoms with van der Waals surface area (Å²) in [6.45, 7) is 3.04. The number of hydrogen-bond acceptors (Lipinski definition) is 5. The van der Waals surface area contributed by atoms with E-state index in [1.165, 1.54) is 0 Å². The topological polar surface area (TPSA) is 116 Å². The van der Waals surface area contributed by atoms with Crippen molar-refractivity contribution in [2.75, 3.05) is 11.9 Å². The van der Waals surface area contributed by atoms with Crippen LogP contribution in [0.15, 0.2) is 18.2 Å². The monoisotopic (exact) mass is 400 g/mol. The first-order valence-electron chi connectivity index (χ1n) is 9.65. The standard InChI is InChI=1S/C20H24N4O5/c1-12-7-6-10-15(13(12)2)21-19(28)22-16(25)11-23-17(26)18(27)24(20(23)29)14-8-4-3-5-9-14/h6-7,10,14H,3-5,8-9,11H2,1-2H3,(H2,21,22,25,28). The molecule has 0 bridgehead atoms. The summed E-state index contributed by atoms with van der Waals surface area (Å²) in [6, 6.07) is 3.47. The molecule has 0 spiro atoms. The highest BCUT2D eigenvalue weighted by Crippen LogP contribution is 2.26. The highest BCUT2D eigenvalue weighted by molar-refractivity contribution is 6.45. The lowest BCUT2D eigenvalue weighted by Crippen LogP contribution is -2.46. The van der Waals surface area contributed by atoms with Crippen molar-refractivity contribution >= 4 is 35.5 Å². The van der Waals surface area contributed by atoms with Crippen LogP contribution in [0.5, 0.6) is 0 Å². The van der Waals surface area contributed by atoms with Gasteiger partial charge < -0.3 is 5.32 Å². The number of carbonyl (C=O) groups excluding carboxylic acids is 5. The van der Waals surface area contributed by atoms with Gasteiger partial charge in [0.25, 0.3) is 0 Å². The lowest BCUT2D eigenvalue weighted by atomic mass is 9.94. The third-order valence-corrected chi connectivity index (χ3v) is 5.43. The molecular formula is C20H24N4O5. The zero-order chi connectivity index (χ0) is 21.1. The van der Waals surface area contributed by atoms with E-state index in [9.17, 15) is 24.0 Å². The van der Waals surface area contributed by atoms with Gasteiger partial charge in [0, 0.05) is 11.7 Å². The molecule has 29 heavy (non-hydrogen) atoms. The van der Waals surface area contributed by atoms with Gasteiger partial charge >= 0.3 is 23.9 Å². The number of aryl methyl sites for hydroxylation is 1. The van der Waals surface area contributed by atoms with Crippen LogP contribution in [-0.2, 0) is 14.4 Å². The van der Waals surface area contributed by atoms with Crippen LogP contribution < -0.4 is 10.6 Å². The first-order valence-corrected chi connectivity index (χ1v) is 9.65. The Morgan fingerprint density at radius 1 is 1.03 bits per heavy atom. The molecule has 0 atom stereocenters. The van der Waals surface area contributed by atoms with E-state index in [0.717, 1.165) is 35.3 Å². The van der Waals surface area contributed by atoms with E-state index in [0.29, 0.717) is 23.4 Å². The number of imide groups is 3. The SMILES string of the molecule is Cc1cccc(NC(=O)NC(=O)CN2C(=O)C(=O)N(C3CCCCC3)C2=O)c1C. The van der Waals surface area contributed by atoms with Gasteiger partial charge in [-0.15, -0.1) is 0 Å². The lowest BCUT2D eigenvalue weighted by Gasteiger charge is -2.28. The van der Waals surface area contributed by atoms with Crippen molar-refractivity contribution in [3.63, 3.8) is 0 Å². The number of hydrogen-bond donors (Lipinski definition) is 2. The van der Waals surface area contributed by atoms with Gasteiger partial charge in [-0.2, -0.15) is 0 Å². The van der Waals surface area contributed by atoms with Crippen molar-refractivity contribution < 1.29 is 24.0 Å². The lowest BCUT2D eigenvalue weighted by molar-refractivity contribution is -0.144. The van der Waals surface area contributed by atoms with Crippen molar-refractivity contribution in [2.45, 2.75) is 52.0 Å². The highest BCUT2D eigenvalue weighted by Gasteiger charge is 2.48. The van der Waals surface area contributed by atoms with Crippen molar-refractivity contribution in [2.24, 2.45) is 0 Å². The maximum absolute atomic E-state index is 12.5. The van der Waals surface area contributed by atoms with Crippen molar-refractivity contribution in [1.29, 1.82) is 0 Å². The first-order chi connectivity index (χ1) is 13.8. The van der Waals surface area contributed by atoms with E-state index in [4.69, 9.17) is 0 Å². The van der Waals surface area contributed by atoms with Crippen LogP contribution in [0.4, 0.5) is 15.3 Å². The molecule has 9 heteroatoms. The molecular weight excluding hydrogens is 376 g/mol. The zero-order valence-electron chi connectivity index (χ0n) is 16.5. The van der Waals surface area contributed by atoms with Gasteiger partial charge in [-0.25, -0.2) is 14.5 Å². The predicted molar refractivity (Wildman–Crippen MR) is 104 cm³/mol. The summed E-state index contributed by atoms with van der Waals surface area (Å²) in [5.41, 5.74) is 2.37. The Morgan fingerprint density at radius 3 is 2.41 bits per heavy atom. The summed E-state index contributed by atoms with van der Waals surface area (Å²) in [4.78, 5) is 62.8. The second-order valence-corrected chi connectivity index (χ2v) is 7.39. The molecule has 0 aromatic heterocycles. The Morgan fingerprint density at radius 2 is 1.72 bits per heavy atom. The summed E-state index contributed by atoms with van der Waals surface area (Å²) < 4.78 is 0. The normalized spacial score (nSPS) is 17.7. The molecule has 154 valence electrons. The molecule has 1 saturated heterocycles. The first kappa shape index (κ1) is 20.5. The summed E-state index contributed by atoms with van der Waals surface area (Å²) >= 11 is 0. The molecule has 2 aliphatic rings. The Balaban J connectivity index is 1.60. The Bertz CT molecular complexity index is 876. The Kier molecular flexibility index (Phi) is 5.95. The number of nitrogens with zero attached hydrogens (tertiary/aromatic N) is 2. The molecule has 7 amide bonds. The van der Waals surface area contributed by atoms with E-state index >= 15 is 0 Å². The van der Waals surface area contributed by atoms with Gasteiger partial charge in [-0.3, -0.25) is 24.6 Å². The van der Waals surface area contributed by atoms with Gasteiger partial charge in [0.15, 0.2) is 0 Å². The van der Waals surface area contributed by atoms with E-state index in [-0.39, 0.29) is 6.04 Å². The number of nitrogens with one attached hydrogen (secondary N) is 2. The van der Waals surface area contributed by atoms with Crippen LogP contribution >= 0.6 is 0 Å². The van der Waals surface area contributed by atoms with Gasteiger partial charge in [0.2, 0.25) is 5.91 Å². The molecule has 2 N–H and O–H groups in total. The molecule has 1 aromatic rings. The number of rotatable bonds is 4. The Hall–Kier alpha value is -3.23. The fourth-order valence-electron chi connectivity index (χ4n) is 3.67. The van der Waals surface area contributed by atoms with Crippen molar-refractivity contribution in [3.05, 3.63) is 29.3 Å². The Labute approximate surface area is 168 Å². The largest absolute Gasteiger partial charge is 0.334 e. The second-order valence-electron chi connectivity index (χ2n) is 7.39. The van der Waals surface area contributed by atoms with Crippen LogP contribution in [-0.4, -0.2) is 52.2 Å². The molecule has 1 aliphatic heterocycles. The highest BCUT2D eigenvalue weighted by atomic mass is 16.2. The molecule has 3 rings (SSSR count). The van der Waals surface area contributed by atoms with Crippen molar-refractivity contribution in [3.8, 4) is 0 Å². The van der Waals surface area contributed by atoms with E-state index in [1.54, 1.807) is 12.1 Å². The van der Waals surface area contributed by atoms with Gasteiger partial charge in [-0.1, -0.05) is 31.4 Å². The van der Waals surface area contributed by atoms with E-state index < -0.39 is 36.3 Å². The van der Waals surface area contributed by atoms with Crippen LogP contribution in [0.2, 0.25) is 0 Å². The van der Waals surface area contributed by atoms with Crippen LogP contribution in [0.1, 0.15) is 43.2 Å². The number of urea groups is 2. The third kappa shape index (κ3) is 4.28. The average molecular weight is 400 g/mol. The fraction of sp³-hybridized carbons (Fsp3) is 0.450. The summed E-state index contributed by atoms with van der Waals surface area (Å²) in [5, 5.41) is 4.65. The molecule has 1 aliphatic carbocycles. The quantitative estimate of drug-likeness (QED) is 0.593. The minimum Gasteiger partial charge on any atom is -0.307 e. The van der Waals surface area contributed by atoms with E-state index in [2.05, 4.69) is 10.6 Å². The number of carbonyl (C=O) groups is 5. The minimum absolute atomic E-state index is 0.312. The molecule has 1 aromatic carbocycles. The maximum atomic E-state index is 12.5. The van der Waals surface area contributed by atoms with E-state index in [1.807, 2.05) is 19.9 Å². The van der Waals surface area contributed by atoms with Crippen LogP contribution in [0, 0.1) is 13.8 Å². The predicted octanol–water partition coefficient (Wildman–Crippen LogP) is 2.08. The molecule has 9 nitrogen and oxygen atoms in total. The fourth-order valence-corrected chi connectivity index (χ4v) is 3.67. The molecule has 2 fully saturated rings. The molecule has 0 unspecified atom stereocenters.